The van der Waals surface area contributed by atoms with Gasteiger partial charge in [0, 0.05) is 6.04 Å². The van der Waals surface area contributed by atoms with Crippen molar-refractivity contribution in [3.05, 3.63) is 82.4 Å². The number of hydrogen-bond acceptors (Lipinski definition) is 3. The average Bonchev–Trinajstić information content (AvgIpc) is 3.28. The highest BCUT2D eigenvalue weighted by atomic mass is 31.1. The Morgan fingerprint density at radius 2 is 1.22 bits per heavy atom. The SMILES string of the molecule is COc1c(C)cc(P(c2cc(C)c(OC)c(C)c2)C2CCC[C@@H]2[C@@H](c2ccccc2)N(C)C)cc1C. The van der Waals surface area contributed by atoms with Crippen LogP contribution in [0.25, 0.3) is 0 Å². The monoisotopic (exact) mass is 503 g/mol. The van der Waals surface area contributed by atoms with E-state index in [1.807, 2.05) is 0 Å². The molecule has 0 radical (unpaired) electrons. The van der Waals surface area contributed by atoms with Crippen molar-refractivity contribution in [2.45, 2.75) is 58.7 Å². The Kier molecular flexibility index (Phi) is 8.43. The van der Waals surface area contributed by atoms with Crippen LogP contribution in [0.1, 0.15) is 53.1 Å². The van der Waals surface area contributed by atoms with E-state index >= 15 is 0 Å². The predicted molar refractivity (Wildman–Crippen MR) is 155 cm³/mol. The predicted octanol–water partition coefficient (Wildman–Crippen LogP) is 6.84. The molecule has 1 saturated carbocycles. The molecule has 0 saturated heterocycles. The minimum Gasteiger partial charge on any atom is -0.496 e. The van der Waals surface area contributed by atoms with E-state index in [9.17, 15) is 0 Å². The standard InChI is InChI=1S/C32H42NO2P/c1-21-17-26(18-22(2)31(21)34-7)36(27-19-23(3)32(35-8)24(4)20-27)29-16-12-15-28(29)30(33(5)6)25-13-10-9-11-14-25/h9-11,13-14,17-20,28-30H,12,15-16H2,1-8H3/t28-,29?,30+/m0/s1. The van der Waals surface area contributed by atoms with Gasteiger partial charge in [-0.3, -0.25) is 0 Å². The molecule has 3 aromatic rings. The van der Waals surface area contributed by atoms with Crippen molar-refractivity contribution in [1.29, 1.82) is 0 Å². The summed E-state index contributed by atoms with van der Waals surface area (Å²) in [5.74, 6) is 2.61. The van der Waals surface area contributed by atoms with Crippen LogP contribution in [0.3, 0.4) is 0 Å². The molecule has 0 bridgehead atoms. The van der Waals surface area contributed by atoms with E-state index in [4.69, 9.17) is 9.47 Å². The van der Waals surface area contributed by atoms with Gasteiger partial charge in [-0.2, -0.15) is 0 Å². The summed E-state index contributed by atoms with van der Waals surface area (Å²) >= 11 is 0. The van der Waals surface area contributed by atoms with Crippen molar-refractivity contribution in [3.63, 3.8) is 0 Å². The Morgan fingerprint density at radius 1 is 0.750 bits per heavy atom. The quantitative estimate of drug-likeness (QED) is 0.314. The molecule has 0 aliphatic heterocycles. The molecule has 1 aliphatic rings. The maximum absolute atomic E-state index is 5.74. The number of methoxy groups -OCH3 is 2. The van der Waals surface area contributed by atoms with E-state index < -0.39 is 7.92 Å². The first kappa shape index (κ1) is 26.7. The summed E-state index contributed by atoms with van der Waals surface area (Å²) in [4.78, 5) is 2.45. The summed E-state index contributed by atoms with van der Waals surface area (Å²) in [6.07, 6.45) is 3.82. The highest BCUT2D eigenvalue weighted by molar-refractivity contribution is 7.73. The van der Waals surface area contributed by atoms with Crippen molar-refractivity contribution in [1.82, 2.24) is 4.90 Å². The molecule has 1 fully saturated rings. The first-order valence-corrected chi connectivity index (χ1v) is 14.5. The molecule has 0 amide bonds. The van der Waals surface area contributed by atoms with Crippen LogP contribution in [0.15, 0.2) is 54.6 Å². The zero-order chi connectivity index (χ0) is 26.0. The van der Waals surface area contributed by atoms with Crippen LogP contribution in [-0.2, 0) is 0 Å². The second kappa shape index (κ2) is 11.4. The van der Waals surface area contributed by atoms with E-state index in [1.165, 1.54) is 57.7 Å². The van der Waals surface area contributed by atoms with Gasteiger partial charge in [0.2, 0.25) is 0 Å². The van der Waals surface area contributed by atoms with Crippen molar-refractivity contribution >= 4 is 18.5 Å². The Hall–Kier alpha value is -2.35. The van der Waals surface area contributed by atoms with E-state index in [1.54, 1.807) is 14.2 Å². The van der Waals surface area contributed by atoms with Crippen molar-refractivity contribution in [2.75, 3.05) is 28.3 Å². The maximum Gasteiger partial charge on any atom is 0.124 e. The molecule has 0 heterocycles. The summed E-state index contributed by atoms with van der Waals surface area (Å²) in [5, 5.41) is 2.93. The molecular weight excluding hydrogens is 461 g/mol. The van der Waals surface area contributed by atoms with Crippen LogP contribution in [0, 0.1) is 33.6 Å². The second-order valence-corrected chi connectivity index (χ2v) is 13.0. The highest BCUT2D eigenvalue weighted by Gasteiger charge is 2.41. The number of aryl methyl sites for hydroxylation is 4. The van der Waals surface area contributed by atoms with Crippen LogP contribution >= 0.6 is 7.92 Å². The normalized spacial score (nSPS) is 18.6. The molecule has 3 aromatic carbocycles. The minimum atomic E-state index is -0.576. The summed E-state index contributed by atoms with van der Waals surface area (Å²) in [6, 6.07) is 21.1. The van der Waals surface area contributed by atoms with Gasteiger partial charge < -0.3 is 14.4 Å². The van der Waals surface area contributed by atoms with Gasteiger partial charge in [0.25, 0.3) is 0 Å². The van der Waals surface area contributed by atoms with E-state index in [-0.39, 0.29) is 0 Å². The lowest BCUT2D eigenvalue weighted by atomic mass is 9.90. The molecule has 0 aromatic heterocycles. The van der Waals surface area contributed by atoms with Crippen LogP contribution in [0.5, 0.6) is 11.5 Å². The number of hydrogen-bond donors (Lipinski definition) is 0. The smallest absolute Gasteiger partial charge is 0.124 e. The summed E-state index contributed by atoms with van der Waals surface area (Å²) < 4.78 is 11.5. The van der Waals surface area contributed by atoms with E-state index in [0.717, 1.165) is 11.5 Å². The van der Waals surface area contributed by atoms with Gasteiger partial charge in [0.15, 0.2) is 0 Å². The van der Waals surface area contributed by atoms with E-state index in [2.05, 4.69) is 101 Å². The van der Waals surface area contributed by atoms with Gasteiger partial charge in [-0.05, 0) is 137 Å². The topological polar surface area (TPSA) is 21.7 Å². The fourth-order valence-corrected chi connectivity index (χ4v) is 10.1. The molecule has 0 spiro atoms. The lowest BCUT2D eigenvalue weighted by Gasteiger charge is -2.38. The fourth-order valence-electron chi connectivity index (χ4n) is 6.55. The van der Waals surface area contributed by atoms with Crippen LogP contribution in [0.4, 0.5) is 0 Å². The molecule has 4 rings (SSSR count). The Labute approximate surface area is 219 Å². The third kappa shape index (κ3) is 5.20. The zero-order valence-electron chi connectivity index (χ0n) is 23.3. The van der Waals surface area contributed by atoms with Gasteiger partial charge in [0.1, 0.15) is 11.5 Å². The summed E-state index contributed by atoms with van der Waals surface area (Å²) in [5.41, 5.74) is 6.94. The third-order valence-electron chi connectivity index (χ3n) is 7.82. The fraction of sp³-hybridized carbons (Fsp3) is 0.438. The Bertz CT molecular complexity index is 1080. The molecule has 3 atom stereocenters. The maximum atomic E-state index is 5.74. The Morgan fingerprint density at radius 3 is 1.64 bits per heavy atom. The molecule has 3 nitrogen and oxygen atoms in total. The van der Waals surface area contributed by atoms with Crippen LogP contribution < -0.4 is 20.1 Å². The molecule has 1 unspecified atom stereocenters. The molecule has 4 heteroatoms. The molecular formula is C32H42NO2P. The zero-order valence-corrected chi connectivity index (χ0v) is 24.2. The minimum absolute atomic E-state index is 0.407. The summed E-state index contributed by atoms with van der Waals surface area (Å²) in [6.45, 7) is 8.75. The molecule has 0 N–H and O–H groups in total. The van der Waals surface area contributed by atoms with Gasteiger partial charge >= 0.3 is 0 Å². The highest BCUT2D eigenvalue weighted by Crippen LogP contribution is 2.55. The van der Waals surface area contributed by atoms with E-state index in [0.29, 0.717) is 17.6 Å². The van der Waals surface area contributed by atoms with Gasteiger partial charge in [-0.15, -0.1) is 0 Å². The summed E-state index contributed by atoms with van der Waals surface area (Å²) in [7, 11) is 7.48. The number of benzene rings is 3. The number of rotatable bonds is 8. The first-order valence-electron chi connectivity index (χ1n) is 13.1. The van der Waals surface area contributed by atoms with Crippen LogP contribution in [0.2, 0.25) is 0 Å². The second-order valence-electron chi connectivity index (χ2n) is 10.6. The van der Waals surface area contributed by atoms with Crippen molar-refractivity contribution in [2.24, 2.45) is 5.92 Å². The lowest BCUT2D eigenvalue weighted by molar-refractivity contribution is 0.217. The third-order valence-corrected chi connectivity index (χ3v) is 10.8. The molecule has 36 heavy (non-hydrogen) atoms. The largest absolute Gasteiger partial charge is 0.496 e. The van der Waals surface area contributed by atoms with Crippen molar-refractivity contribution < 1.29 is 9.47 Å². The van der Waals surface area contributed by atoms with Gasteiger partial charge in [0.05, 0.1) is 14.2 Å². The Balaban J connectivity index is 1.88. The average molecular weight is 504 g/mol. The van der Waals surface area contributed by atoms with Crippen LogP contribution in [-0.4, -0.2) is 38.9 Å². The van der Waals surface area contributed by atoms with Gasteiger partial charge in [-0.25, -0.2) is 0 Å². The molecule has 1 aliphatic carbocycles. The van der Waals surface area contributed by atoms with Crippen molar-refractivity contribution in [3.8, 4) is 11.5 Å². The first-order chi connectivity index (χ1) is 17.3. The van der Waals surface area contributed by atoms with Gasteiger partial charge in [-0.1, -0.05) is 36.8 Å². The number of nitrogens with zero attached hydrogens (tertiary/aromatic N) is 1. The lowest BCUT2D eigenvalue weighted by Crippen LogP contribution is -2.34. The molecule has 192 valence electrons. The number of ether oxygens (including phenoxy) is 2.